The monoisotopic (exact) mass is 390 g/mol. The lowest BCUT2D eigenvalue weighted by Crippen LogP contribution is -2.50. The number of nitrogens with one attached hydrogen (secondary N) is 1. The molecule has 0 aromatic rings. The third-order valence-corrected chi connectivity index (χ3v) is 5.95. The lowest BCUT2D eigenvalue weighted by atomic mass is 10.0. The standard InChI is InChI=1S/C14H22N4O7S/c19-13(15-24-11-6-9-2-1-5-16(9)8-11)12-4-3-10-7-17(12)14(20)18(10)25-26(21,22)23/h9-12H,1-8H2,(H,15,19)(H,21,22,23)/t9?,10-,11?,12+/m1/s1. The first-order chi connectivity index (χ1) is 12.3. The Kier molecular flexibility index (Phi) is 4.55. The molecule has 4 atom stereocenters. The highest BCUT2D eigenvalue weighted by atomic mass is 32.3. The van der Waals surface area contributed by atoms with Gasteiger partial charge in [-0.15, -0.1) is 4.28 Å². The number of rotatable bonds is 5. The van der Waals surface area contributed by atoms with Gasteiger partial charge in [0.15, 0.2) is 0 Å². The normalized spacial score (nSPS) is 34.4. The summed E-state index contributed by atoms with van der Waals surface area (Å²) in [6.45, 7) is 2.01. The number of amides is 3. The molecule has 2 bridgehead atoms. The van der Waals surface area contributed by atoms with E-state index in [2.05, 4.69) is 14.7 Å². The molecule has 0 saturated carbocycles. The lowest BCUT2D eigenvalue weighted by molar-refractivity contribution is -0.143. The Morgan fingerprint density at radius 2 is 2.00 bits per heavy atom. The Labute approximate surface area is 151 Å². The molecule has 4 rings (SSSR count). The molecule has 0 aromatic carbocycles. The Hall–Kier alpha value is -1.47. The van der Waals surface area contributed by atoms with Crippen molar-refractivity contribution in [3.63, 3.8) is 0 Å². The summed E-state index contributed by atoms with van der Waals surface area (Å²) in [6.07, 6.45) is 3.92. The van der Waals surface area contributed by atoms with Crippen molar-refractivity contribution in [3.05, 3.63) is 0 Å². The number of hydrogen-bond acceptors (Lipinski definition) is 7. The first-order valence-corrected chi connectivity index (χ1v) is 10.1. The van der Waals surface area contributed by atoms with Gasteiger partial charge in [-0.05, 0) is 38.6 Å². The van der Waals surface area contributed by atoms with Crippen molar-refractivity contribution in [2.45, 2.75) is 56.3 Å². The van der Waals surface area contributed by atoms with E-state index in [9.17, 15) is 18.0 Å². The van der Waals surface area contributed by atoms with Gasteiger partial charge < -0.3 is 4.90 Å². The van der Waals surface area contributed by atoms with Gasteiger partial charge in [-0.25, -0.2) is 10.3 Å². The molecule has 4 saturated heterocycles. The average Bonchev–Trinajstić information content (AvgIpc) is 3.22. The van der Waals surface area contributed by atoms with E-state index in [1.807, 2.05) is 0 Å². The number of nitrogens with zero attached hydrogens (tertiary/aromatic N) is 3. The van der Waals surface area contributed by atoms with Crippen LogP contribution in [0.1, 0.15) is 32.1 Å². The fourth-order valence-electron chi connectivity index (χ4n) is 4.44. The first kappa shape index (κ1) is 17.9. The van der Waals surface area contributed by atoms with E-state index in [0.717, 1.165) is 25.9 Å². The molecule has 2 N–H and O–H groups in total. The van der Waals surface area contributed by atoms with E-state index in [-0.39, 0.29) is 12.6 Å². The minimum absolute atomic E-state index is 0.0609. The number of hydroxylamine groups is 3. The van der Waals surface area contributed by atoms with E-state index >= 15 is 0 Å². The van der Waals surface area contributed by atoms with Gasteiger partial charge in [0.1, 0.15) is 6.04 Å². The van der Waals surface area contributed by atoms with Crippen LogP contribution in [-0.4, -0.2) is 83.6 Å². The van der Waals surface area contributed by atoms with E-state index in [0.29, 0.717) is 23.9 Å². The molecule has 26 heavy (non-hydrogen) atoms. The van der Waals surface area contributed by atoms with Gasteiger partial charge in [-0.2, -0.15) is 13.5 Å². The molecular formula is C14H22N4O7S. The van der Waals surface area contributed by atoms with E-state index in [1.165, 1.54) is 11.3 Å². The molecule has 0 spiro atoms. The van der Waals surface area contributed by atoms with Crippen LogP contribution in [0, 0.1) is 0 Å². The van der Waals surface area contributed by atoms with E-state index in [4.69, 9.17) is 9.39 Å². The van der Waals surface area contributed by atoms with Crippen molar-refractivity contribution in [1.29, 1.82) is 0 Å². The molecule has 0 aliphatic carbocycles. The van der Waals surface area contributed by atoms with Gasteiger partial charge in [0.25, 0.3) is 5.91 Å². The van der Waals surface area contributed by atoms with E-state index in [1.54, 1.807) is 0 Å². The molecular weight excluding hydrogens is 368 g/mol. The van der Waals surface area contributed by atoms with E-state index < -0.39 is 34.4 Å². The highest BCUT2D eigenvalue weighted by Crippen LogP contribution is 2.31. The van der Waals surface area contributed by atoms with Gasteiger partial charge in [0.05, 0.1) is 12.1 Å². The molecule has 146 valence electrons. The Morgan fingerprint density at radius 1 is 1.19 bits per heavy atom. The fraction of sp³-hybridized carbons (Fsp3) is 0.857. The summed E-state index contributed by atoms with van der Waals surface area (Å²) in [5.74, 6) is -0.433. The number of fused-ring (bicyclic) bond motifs is 3. The maximum absolute atomic E-state index is 12.5. The summed E-state index contributed by atoms with van der Waals surface area (Å²) < 4.78 is 34.9. The quantitative estimate of drug-likeness (QED) is 0.465. The van der Waals surface area contributed by atoms with Crippen LogP contribution >= 0.6 is 0 Å². The third-order valence-electron chi connectivity index (χ3n) is 5.60. The number of urea groups is 1. The fourth-order valence-corrected chi connectivity index (χ4v) is 4.83. The van der Waals surface area contributed by atoms with Crippen LogP contribution in [0.3, 0.4) is 0 Å². The maximum Gasteiger partial charge on any atom is 0.418 e. The number of piperidine rings is 1. The summed E-state index contributed by atoms with van der Waals surface area (Å²) in [7, 11) is -4.80. The second-order valence-electron chi connectivity index (χ2n) is 7.24. The summed E-state index contributed by atoms with van der Waals surface area (Å²) in [5, 5.41) is 0.620. The predicted octanol–water partition coefficient (Wildman–Crippen LogP) is -0.726. The predicted molar refractivity (Wildman–Crippen MR) is 85.6 cm³/mol. The second kappa shape index (κ2) is 6.60. The van der Waals surface area contributed by atoms with Crippen molar-refractivity contribution < 1.29 is 31.7 Å². The summed E-state index contributed by atoms with van der Waals surface area (Å²) in [5.41, 5.74) is 2.46. The van der Waals surface area contributed by atoms with Gasteiger partial charge in [0, 0.05) is 19.1 Å². The van der Waals surface area contributed by atoms with Crippen LogP contribution in [0.5, 0.6) is 0 Å². The third kappa shape index (κ3) is 3.39. The largest absolute Gasteiger partial charge is 0.418 e. The topological polar surface area (TPSA) is 129 Å². The molecule has 11 nitrogen and oxygen atoms in total. The van der Waals surface area contributed by atoms with Crippen molar-refractivity contribution in [2.24, 2.45) is 0 Å². The Bertz CT molecular complexity index is 689. The summed E-state index contributed by atoms with van der Waals surface area (Å²) >= 11 is 0. The van der Waals surface area contributed by atoms with Gasteiger partial charge >= 0.3 is 16.4 Å². The van der Waals surface area contributed by atoms with Gasteiger partial charge in [0.2, 0.25) is 0 Å². The number of carbonyl (C=O) groups is 2. The van der Waals surface area contributed by atoms with Crippen LogP contribution < -0.4 is 5.48 Å². The zero-order valence-electron chi connectivity index (χ0n) is 14.1. The number of carbonyl (C=O) groups excluding carboxylic acids is 2. The van der Waals surface area contributed by atoms with Crippen molar-refractivity contribution >= 4 is 22.3 Å². The minimum Gasteiger partial charge on any atom is -0.309 e. The van der Waals surface area contributed by atoms with Crippen molar-refractivity contribution in [1.82, 2.24) is 20.3 Å². The summed E-state index contributed by atoms with van der Waals surface area (Å²) in [4.78, 5) is 33.9. The minimum atomic E-state index is -4.80. The molecule has 0 radical (unpaired) electrons. The Morgan fingerprint density at radius 3 is 2.73 bits per heavy atom. The maximum atomic E-state index is 12.5. The average molecular weight is 390 g/mol. The van der Waals surface area contributed by atoms with Crippen molar-refractivity contribution in [3.8, 4) is 0 Å². The van der Waals surface area contributed by atoms with Crippen LogP contribution in [0.25, 0.3) is 0 Å². The van der Waals surface area contributed by atoms with Crippen LogP contribution in [0.4, 0.5) is 4.79 Å². The SMILES string of the molecule is O=C(NOC1CC2CCCN2C1)[C@@H]1CC[C@@H]2CN1C(=O)N2OS(=O)(=O)O. The first-order valence-electron chi connectivity index (χ1n) is 8.78. The molecule has 4 fully saturated rings. The molecule has 12 heteroatoms. The van der Waals surface area contributed by atoms with Crippen LogP contribution in [0.15, 0.2) is 0 Å². The molecule has 4 heterocycles. The molecule has 2 unspecified atom stereocenters. The molecule has 4 aliphatic rings. The van der Waals surface area contributed by atoms with Gasteiger partial charge in [-0.3, -0.25) is 19.1 Å². The van der Waals surface area contributed by atoms with Crippen LogP contribution in [-0.2, 0) is 24.3 Å². The second-order valence-corrected chi connectivity index (χ2v) is 8.25. The molecule has 0 aromatic heterocycles. The smallest absolute Gasteiger partial charge is 0.309 e. The zero-order chi connectivity index (χ0) is 18.5. The number of hydrogen-bond donors (Lipinski definition) is 2. The Balaban J connectivity index is 1.32. The summed E-state index contributed by atoms with van der Waals surface area (Å²) in [6, 6.07) is -1.50. The highest BCUT2D eigenvalue weighted by molar-refractivity contribution is 7.80. The van der Waals surface area contributed by atoms with Crippen LogP contribution in [0.2, 0.25) is 0 Å². The molecule has 3 amide bonds. The van der Waals surface area contributed by atoms with Gasteiger partial charge in [-0.1, -0.05) is 0 Å². The zero-order valence-corrected chi connectivity index (χ0v) is 14.9. The highest BCUT2D eigenvalue weighted by Gasteiger charge is 2.49. The van der Waals surface area contributed by atoms with Crippen molar-refractivity contribution in [2.75, 3.05) is 19.6 Å². The molecule has 4 aliphatic heterocycles. The lowest BCUT2D eigenvalue weighted by Gasteiger charge is -2.29.